The monoisotopic (exact) mass is 205 g/mol. The molecule has 0 aliphatic carbocycles. The standard InChI is InChI=1S/C6H4ClNO3S/c7-12(11)6-3-1-2-5(4-6)8(9)10/h1-4H. The van der Waals surface area contributed by atoms with E-state index in [1.54, 1.807) is 0 Å². The first-order valence-corrected chi connectivity index (χ1v) is 4.91. The Morgan fingerprint density at radius 2 is 2.17 bits per heavy atom. The molecule has 0 heterocycles. The van der Waals surface area contributed by atoms with Crippen LogP contribution in [0.2, 0.25) is 0 Å². The summed E-state index contributed by atoms with van der Waals surface area (Å²) < 4.78 is 10.7. The molecule has 0 saturated carbocycles. The number of halogens is 1. The number of nitro benzene ring substituents is 1. The molecule has 1 atom stereocenters. The minimum absolute atomic E-state index is 0.110. The van der Waals surface area contributed by atoms with Crippen molar-refractivity contribution in [2.24, 2.45) is 0 Å². The van der Waals surface area contributed by atoms with Crippen LogP contribution >= 0.6 is 10.7 Å². The van der Waals surface area contributed by atoms with Gasteiger partial charge in [-0.05, 0) is 16.7 Å². The third kappa shape index (κ3) is 2.02. The zero-order valence-electron chi connectivity index (χ0n) is 5.77. The van der Waals surface area contributed by atoms with Crippen LogP contribution in [0.1, 0.15) is 0 Å². The van der Waals surface area contributed by atoms with Gasteiger partial charge in [-0.1, -0.05) is 6.07 Å². The molecule has 0 N–H and O–H groups in total. The fourth-order valence-electron chi connectivity index (χ4n) is 0.697. The van der Waals surface area contributed by atoms with E-state index in [0.29, 0.717) is 0 Å². The molecule has 64 valence electrons. The van der Waals surface area contributed by atoms with Crippen molar-refractivity contribution in [2.75, 3.05) is 0 Å². The first kappa shape index (κ1) is 9.15. The van der Waals surface area contributed by atoms with Gasteiger partial charge in [0.25, 0.3) is 5.69 Å². The number of hydrogen-bond acceptors (Lipinski definition) is 3. The summed E-state index contributed by atoms with van der Waals surface area (Å²) in [6.07, 6.45) is 0. The highest BCUT2D eigenvalue weighted by Gasteiger charge is 2.07. The lowest BCUT2D eigenvalue weighted by Gasteiger charge is -1.93. The van der Waals surface area contributed by atoms with E-state index in [9.17, 15) is 14.3 Å². The summed E-state index contributed by atoms with van der Waals surface area (Å²) in [5.41, 5.74) is -0.110. The van der Waals surface area contributed by atoms with Crippen molar-refractivity contribution in [1.29, 1.82) is 0 Å². The van der Waals surface area contributed by atoms with Gasteiger partial charge in [0.1, 0.15) is 10.0 Å². The van der Waals surface area contributed by atoms with Crippen molar-refractivity contribution in [2.45, 2.75) is 4.90 Å². The Kier molecular flexibility index (Phi) is 2.78. The second-order valence-corrected chi connectivity index (χ2v) is 3.74. The quantitative estimate of drug-likeness (QED) is 0.421. The molecule has 1 unspecified atom stereocenters. The maximum Gasteiger partial charge on any atom is 0.270 e. The van der Waals surface area contributed by atoms with Gasteiger partial charge in [-0.25, -0.2) is 4.21 Å². The van der Waals surface area contributed by atoms with E-state index in [1.165, 1.54) is 24.3 Å². The minimum Gasteiger partial charge on any atom is -0.258 e. The van der Waals surface area contributed by atoms with Gasteiger partial charge in [0.2, 0.25) is 0 Å². The zero-order chi connectivity index (χ0) is 9.14. The topological polar surface area (TPSA) is 60.2 Å². The van der Waals surface area contributed by atoms with Crippen LogP contribution in [-0.2, 0) is 10.0 Å². The van der Waals surface area contributed by atoms with Crippen molar-refractivity contribution in [3.63, 3.8) is 0 Å². The van der Waals surface area contributed by atoms with Crippen LogP contribution in [0.5, 0.6) is 0 Å². The summed E-state index contributed by atoms with van der Waals surface area (Å²) in [7, 11) is 3.54. The molecule has 0 radical (unpaired) electrons. The second-order valence-electron chi connectivity index (χ2n) is 1.98. The van der Waals surface area contributed by atoms with E-state index >= 15 is 0 Å². The normalized spacial score (nSPS) is 12.4. The molecule has 0 saturated heterocycles. The van der Waals surface area contributed by atoms with Gasteiger partial charge in [-0.15, -0.1) is 0 Å². The summed E-state index contributed by atoms with van der Waals surface area (Å²) in [5, 5.41) is 10.2. The van der Waals surface area contributed by atoms with Gasteiger partial charge in [0, 0.05) is 12.1 Å². The highest BCUT2D eigenvalue weighted by Crippen LogP contribution is 2.17. The van der Waals surface area contributed by atoms with E-state index in [4.69, 9.17) is 10.7 Å². The van der Waals surface area contributed by atoms with Crippen LogP contribution in [-0.4, -0.2) is 9.13 Å². The van der Waals surface area contributed by atoms with Gasteiger partial charge < -0.3 is 0 Å². The minimum atomic E-state index is -1.69. The zero-order valence-corrected chi connectivity index (χ0v) is 7.34. The molecule has 6 heteroatoms. The molecule has 0 amide bonds. The fourth-order valence-corrected chi connectivity index (χ4v) is 1.38. The Morgan fingerprint density at radius 1 is 1.50 bits per heavy atom. The largest absolute Gasteiger partial charge is 0.270 e. The van der Waals surface area contributed by atoms with Gasteiger partial charge in [-0.2, -0.15) is 0 Å². The van der Waals surface area contributed by atoms with Crippen molar-refractivity contribution >= 4 is 26.4 Å². The highest BCUT2D eigenvalue weighted by molar-refractivity contribution is 8.08. The van der Waals surface area contributed by atoms with Crippen LogP contribution in [0, 0.1) is 10.1 Å². The number of nitrogens with zero attached hydrogens (tertiary/aromatic N) is 1. The molecule has 0 fully saturated rings. The van der Waals surface area contributed by atoms with Crippen LogP contribution < -0.4 is 0 Å². The maximum absolute atomic E-state index is 10.7. The Hall–Kier alpha value is -0.940. The predicted molar refractivity (Wildman–Crippen MR) is 45.4 cm³/mol. The average molecular weight is 206 g/mol. The molecule has 0 aromatic heterocycles. The summed E-state index contributed by atoms with van der Waals surface area (Å²) >= 11 is 0. The summed E-state index contributed by atoms with van der Waals surface area (Å²) in [5.74, 6) is 0. The lowest BCUT2D eigenvalue weighted by Crippen LogP contribution is -1.89. The smallest absolute Gasteiger partial charge is 0.258 e. The SMILES string of the molecule is O=[N+]([O-])c1cccc(S(=O)Cl)c1. The van der Waals surface area contributed by atoms with Crippen LogP contribution in [0.25, 0.3) is 0 Å². The van der Waals surface area contributed by atoms with E-state index in [1.807, 2.05) is 0 Å². The molecule has 0 bridgehead atoms. The molecule has 12 heavy (non-hydrogen) atoms. The van der Waals surface area contributed by atoms with Crippen molar-refractivity contribution in [1.82, 2.24) is 0 Å². The molecule has 1 rings (SSSR count). The third-order valence-electron chi connectivity index (χ3n) is 1.21. The Balaban J connectivity index is 3.12. The lowest BCUT2D eigenvalue weighted by atomic mass is 10.3. The average Bonchev–Trinajstić information content (AvgIpc) is 2.04. The van der Waals surface area contributed by atoms with Crippen LogP contribution in [0.3, 0.4) is 0 Å². The van der Waals surface area contributed by atoms with Crippen LogP contribution in [0.15, 0.2) is 29.2 Å². The van der Waals surface area contributed by atoms with Gasteiger partial charge in [-0.3, -0.25) is 10.1 Å². The first-order chi connectivity index (χ1) is 5.61. The molecule has 0 spiro atoms. The summed E-state index contributed by atoms with van der Waals surface area (Å²) in [6.45, 7) is 0. The van der Waals surface area contributed by atoms with Gasteiger partial charge in [0.15, 0.2) is 0 Å². The lowest BCUT2D eigenvalue weighted by molar-refractivity contribution is -0.385. The first-order valence-electron chi connectivity index (χ1n) is 2.94. The molecule has 1 aromatic rings. The molecular weight excluding hydrogens is 202 g/mol. The number of hydrogen-bond donors (Lipinski definition) is 0. The molecule has 1 aromatic carbocycles. The molecule has 4 nitrogen and oxygen atoms in total. The van der Waals surface area contributed by atoms with Crippen LogP contribution in [0.4, 0.5) is 5.69 Å². The Bertz CT molecular complexity index is 312. The van der Waals surface area contributed by atoms with E-state index < -0.39 is 14.9 Å². The number of nitro groups is 1. The van der Waals surface area contributed by atoms with Crippen molar-refractivity contribution in [3.8, 4) is 0 Å². The summed E-state index contributed by atoms with van der Waals surface area (Å²) in [4.78, 5) is 9.92. The highest BCUT2D eigenvalue weighted by atomic mass is 35.7. The molecule has 0 aliphatic heterocycles. The molecule has 0 aliphatic rings. The van der Waals surface area contributed by atoms with E-state index in [2.05, 4.69) is 0 Å². The maximum atomic E-state index is 10.7. The molecular formula is C6H4ClNO3S. The van der Waals surface area contributed by atoms with Gasteiger partial charge >= 0.3 is 0 Å². The number of benzene rings is 1. The second kappa shape index (κ2) is 3.64. The summed E-state index contributed by atoms with van der Waals surface area (Å²) in [6, 6.07) is 5.40. The van der Waals surface area contributed by atoms with E-state index in [0.717, 1.165) is 0 Å². The van der Waals surface area contributed by atoms with Crippen molar-refractivity contribution < 1.29 is 9.13 Å². The number of non-ortho nitro benzene ring substituents is 1. The fraction of sp³-hybridized carbons (Fsp3) is 0. The predicted octanol–water partition coefficient (Wildman–Crippen LogP) is 1.86. The number of rotatable bonds is 2. The Labute approximate surface area is 75.3 Å². The third-order valence-corrected chi connectivity index (χ3v) is 2.37. The van der Waals surface area contributed by atoms with Crippen molar-refractivity contribution in [3.05, 3.63) is 34.4 Å². The van der Waals surface area contributed by atoms with Gasteiger partial charge in [0.05, 0.1) is 9.82 Å². The Morgan fingerprint density at radius 3 is 2.67 bits per heavy atom. The van der Waals surface area contributed by atoms with E-state index in [-0.39, 0.29) is 10.6 Å².